The van der Waals surface area contributed by atoms with Crippen LogP contribution in [0, 0.1) is 0 Å². The smallest absolute Gasteiger partial charge is 0.0707 e. The van der Waals surface area contributed by atoms with Gasteiger partial charge in [-0.2, -0.15) is 0 Å². The lowest BCUT2D eigenvalue weighted by Crippen LogP contribution is -2.42. The number of likely N-dealkylation sites (tertiary alicyclic amines) is 1. The van der Waals surface area contributed by atoms with Gasteiger partial charge in [-0.3, -0.25) is 4.90 Å². The summed E-state index contributed by atoms with van der Waals surface area (Å²) in [5.41, 5.74) is 2.87. The van der Waals surface area contributed by atoms with Gasteiger partial charge in [-0.05, 0) is 31.0 Å². The van der Waals surface area contributed by atoms with Crippen molar-refractivity contribution in [2.45, 2.75) is 38.1 Å². The molecule has 1 N–H and O–H groups in total. The predicted octanol–water partition coefficient (Wildman–Crippen LogP) is 1.77. The summed E-state index contributed by atoms with van der Waals surface area (Å²) in [5.74, 6) is 0. The molecule has 0 aromatic heterocycles. The van der Waals surface area contributed by atoms with Crippen LogP contribution < -0.4 is 5.32 Å². The van der Waals surface area contributed by atoms with Crippen LogP contribution in [-0.2, 0) is 17.8 Å². The molecule has 1 aromatic rings. The maximum Gasteiger partial charge on any atom is 0.0707 e. The second-order valence-corrected chi connectivity index (χ2v) is 5.45. The predicted molar refractivity (Wildman–Crippen MR) is 72.4 cm³/mol. The molecule has 1 aromatic carbocycles. The fourth-order valence-electron chi connectivity index (χ4n) is 3.14. The highest BCUT2D eigenvalue weighted by molar-refractivity contribution is 5.27. The molecule has 18 heavy (non-hydrogen) atoms. The number of fused-ring (bicyclic) bond motifs is 2. The highest BCUT2D eigenvalue weighted by Crippen LogP contribution is 2.27. The van der Waals surface area contributed by atoms with Crippen LogP contribution in [0.3, 0.4) is 0 Å². The third-order valence-electron chi connectivity index (χ3n) is 4.00. The van der Waals surface area contributed by atoms with Crippen LogP contribution in [0.1, 0.15) is 24.0 Å². The molecule has 2 saturated heterocycles. The Morgan fingerprint density at radius 2 is 1.83 bits per heavy atom. The molecule has 0 saturated carbocycles. The van der Waals surface area contributed by atoms with Gasteiger partial charge >= 0.3 is 0 Å². The minimum absolute atomic E-state index is 0.486. The van der Waals surface area contributed by atoms with Gasteiger partial charge in [0.1, 0.15) is 0 Å². The van der Waals surface area contributed by atoms with Gasteiger partial charge in [-0.25, -0.2) is 0 Å². The van der Waals surface area contributed by atoms with Gasteiger partial charge in [0, 0.05) is 26.2 Å². The van der Waals surface area contributed by atoms with Gasteiger partial charge in [-0.15, -0.1) is 0 Å². The average Bonchev–Trinajstić information content (AvgIpc) is 2.72. The molecule has 98 valence electrons. The van der Waals surface area contributed by atoms with Gasteiger partial charge in [0.15, 0.2) is 0 Å². The first-order valence-electron chi connectivity index (χ1n) is 6.94. The summed E-state index contributed by atoms with van der Waals surface area (Å²) in [6.07, 6.45) is 3.47. The second kappa shape index (κ2) is 5.39. The standard InChI is InChI=1S/C15H22N2O/c1-16-8-12-4-2-3-5-13(12)9-17-10-14-6-7-15(11-17)18-14/h2-5,14-16H,6-11H2,1H3. The Balaban J connectivity index is 1.68. The molecule has 0 amide bonds. The number of nitrogens with one attached hydrogen (secondary N) is 1. The monoisotopic (exact) mass is 246 g/mol. The minimum atomic E-state index is 0.486. The number of hydrogen-bond acceptors (Lipinski definition) is 3. The fourth-order valence-corrected chi connectivity index (χ4v) is 3.14. The van der Waals surface area contributed by atoms with Gasteiger partial charge in [0.05, 0.1) is 12.2 Å². The van der Waals surface area contributed by atoms with E-state index in [1.54, 1.807) is 0 Å². The highest BCUT2D eigenvalue weighted by Gasteiger charge is 2.33. The van der Waals surface area contributed by atoms with Crippen LogP contribution >= 0.6 is 0 Å². The van der Waals surface area contributed by atoms with Gasteiger partial charge in [0.2, 0.25) is 0 Å². The number of ether oxygens (including phenoxy) is 1. The van der Waals surface area contributed by atoms with E-state index in [1.165, 1.54) is 24.0 Å². The second-order valence-electron chi connectivity index (χ2n) is 5.45. The topological polar surface area (TPSA) is 24.5 Å². The summed E-state index contributed by atoms with van der Waals surface area (Å²) in [7, 11) is 2.01. The Bertz CT molecular complexity index is 395. The van der Waals surface area contributed by atoms with Crippen molar-refractivity contribution in [1.82, 2.24) is 10.2 Å². The van der Waals surface area contributed by atoms with E-state index in [0.717, 1.165) is 26.2 Å². The maximum atomic E-state index is 5.89. The Morgan fingerprint density at radius 3 is 2.50 bits per heavy atom. The minimum Gasteiger partial charge on any atom is -0.372 e. The van der Waals surface area contributed by atoms with E-state index < -0.39 is 0 Å². The lowest BCUT2D eigenvalue weighted by Gasteiger charge is -2.32. The summed E-state index contributed by atoms with van der Waals surface area (Å²) >= 11 is 0. The molecule has 3 rings (SSSR count). The lowest BCUT2D eigenvalue weighted by molar-refractivity contribution is -0.0411. The molecule has 2 aliphatic rings. The van der Waals surface area contributed by atoms with Crippen molar-refractivity contribution >= 4 is 0 Å². The van der Waals surface area contributed by atoms with E-state index in [-0.39, 0.29) is 0 Å². The molecule has 0 aliphatic carbocycles. The Labute approximate surface area is 109 Å². The van der Waals surface area contributed by atoms with Gasteiger partial charge in [-0.1, -0.05) is 24.3 Å². The van der Waals surface area contributed by atoms with E-state index in [9.17, 15) is 0 Å². The van der Waals surface area contributed by atoms with E-state index in [0.29, 0.717) is 12.2 Å². The van der Waals surface area contributed by atoms with Gasteiger partial charge < -0.3 is 10.1 Å². The zero-order valence-electron chi connectivity index (χ0n) is 11.1. The number of rotatable bonds is 4. The molecule has 2 fully saturated rings. The molecule has 3 nitrogen and oxygen atoms in total. The first-order valence-corrected chi connectivity index (χ1v) is 6.94. The summed E-state index contributed by atoms with van der Waals surface area (Å²) in [4.78, 5) is 2.56. The lowest BCUT2D eigenvalue weighted by atomic mass is 10.1. The molecule has 2 aliphatic heterocycles. The molecule has 0 spiro atoms. The van der Waals surface area contributed by atoms with Crippen molar-refractivity contribution in [2.24, 2.45) is 0 Å². The van der Waals surface area contributed by atoms with Crippen LogP contribution in [0.25, 0.3) is 0 Å². The van der Waals surface area contributed by atoms with E-state index in [2.05, 4.69) is 34.5 Å². The SMILES string of the molecule is CNCc1ccccc1CN1CC2CCC(C1)O2. The van der Waals surface area contributed by atoms with Crippen LogP contribution in [0.5, 0.6) is 0 Å². The van der Waals surface area contributed by atoms with E-state index in [1.807, 2.05) is 7.05 Å². The molecular weight excluding hydrogens is 224 g/mol. The zero-order valence-corrected chi connectivity index (χ0v) is 11.1. The van der Waals surface area contributed by atoms with Crippen LogP contribution in [0.15, 0.2) is 24.3 Å². The first-order chi connectivity index (χ1) is 8.85. The summed E-state index contributed by atoms with van der Waals surface area (Å²) < 4.78 is 5.89. The van der Waals surface area contributed by atoms with Crippen molar-refractivity contribution in [1.29, 1.82) is 0 Å². The fraction of sp³-hybridized carbons (Fsp3) is 0.600. The van der Waals surface area contributed by atoms with Crippen molar-refractivity contribution < 1.29 is 4.74 Å². The summed E-state index contributed by atoms with van der Waals surface area (Å²) in [6.45, 7) is 4.22. The van der Waals surface area contributed by atoms with Crippen LogP contribution in [-0.4, -0.2) is 37.2 Å². The third kappa shape index (κ3) is 2.58. The molecule has 0 radical (unpaired) electrons. The van der Waals surface area contributed by atoms with Crippen molar-refractivity contribution in [3.8, 4) is 0 Å². The highest BCUT2D eigenvalue weighted by atomic mass is 16.5. The average molecular weight is 246 g/mol. The third-order valence-corrected chi connectivity index (χ3v) is 4.00. The van der Waals surface area contributed by atoms with E-state index in [4.69, 9.17) is 4.74 Å². The van der Waals surface area contributed by atoms with Crippen LogP contribution in [0.4, 0.5) is 0 Å². The van der Waals surface area contributed by atoms with E-state index >= 15 is 0 Å². The first kappa shape index (κ1) is 12.2. The number of morpholine rings is 1. The van der Waals surface area contributed by atoms with Crippen molar-refractivity contribution in [3.05, 3.63) is 35.4 Å². The molecule has 2 heterocycles. The molecule has 2 unspecified atom stereocenters. The molecule has 2 bridgehead atoms. The molecule has 3 heteroatoms. The Hall–Kier alpha value is -0.900. The van der Waals surface area contributed by atoms with Crippen LogP contribution in [0.2, 0.25) is 0 Å². The molecule has 2 atom stereocenters. The Morgan fingerprint density at radius 1 is 1.17 bits per heavy atom. The van der Waals surface area contributed by atoms with Crippen molar-refractivity contribution in [2.75, 3.05) is 20.1 Å². The summed E-state index contributed by atoms with van der Waals surface area (Å²) in [5, 5.41) is 3.25. The quantitative estimate of drug-likeness (QED) is 0.876. The number of hydrogen-bond donors (Lipinski definition) is 1. The normalized spacial score (nSPS) is 27.6. The number of benzene rings is 1. The van der Waals surface area contributed by atoms with Gasteiger partial charge in [0.25, 0.3) is 0 Å². The summed E-state index contributed by atoms with van der Waals surface area (Å²) in [6, 6.07) is 8.74. The Kier molecular flexibility index (Phi) is 3.64. The zero-order chi connectivity index (χ0) is 12.4. The largest absolute Gasteiger partial charge is 0.372 e. The van der Waals surface area contributed by atoms with Crippen molar-refractivity contribution in [3.63, 3.8) is 0 Å². The molecular formula is C15H22N2O. The maximum absolute atomic E-state index is 5.89. The number of nitrogens with zero attached hydrogens (tertiary/aromatic N) is 1.